The summed E-state index contributed by atoms with van der Waals surface area (Å²) < 4.78 is 0. The van der Waals surface area contributed by atoms with Crippen molar-refractivity contribution in [3.05, 3.63) is 46.1 Å². The highest BCUT2D eigenvalue weighted by molar-refractivity contribution is 5.51. The van der Waals surface area contributed by atoms with Crippen molar-refractivity contribution in [2.75, 3.05) is 7.05 Å². The molecule has 1 rings (SSSR count). The predicted octanol–water partition coefficient (Wildman–Crippen LogP) is 1.78. The van der Waals surface area contributed by atoms with Crippen LogP contribution in [0.1, 0.15) is 5.56 Å². The Hall–Kier alpha value is -1.84. The maximum absolute atomic E-state index is 10.3. The largest absolute Gasteiger partial charge is 0.394 e. The predicted molar refractivity (Wildman–Crippen MR) is 51.2 cm³/mol. The van der Waals surface area contributed by atoms with Crippen LogP contribution in [0.3, 0.4) is 0 Å². The van der Waals surface area contributed by atoms with Gasteiger partial charge >= 0.3 is 0 Å². The zero-order valence-electron chi connectivity index (χ0n) is 7.23. The second kappa shape index (κ2) is 4.25. The van der Waals surface area contributed by atoms with Crippen LogP contribution in [0.4, 0.5) is 5.69 Å². The van der Waals surface area contributed by atoms with Crippen LogP contribution < -0.4 is 5.32 Å². The maximum Gasteiger partial charge on any atom is 0.269 e. The van der Waals surface area contributed by atoms with Crippen LogP contribution in [0.15, 0.2) is 30.5 Å². The van der Waals surface area contributed by atoms with Gasteiger partial charge in [0.15, 0.2) is 0 Å². The minimum atomic E-state index is -0.411. The molecule has 4 nitrogen and oxygen atoms in total. The van der Waals surface area contributed by atoms with E-state index in [0.717, 1.165) is 5.56 Å². The molecule has 0 aliphatic carbocycles. The summed E-state index contributed by atoms with van der Waals surface area (Å²) in [5, 5.41) is 13.1. The van der Waals surface area contributed by atoms with Crippen molar-refractivity contribution in [3.8, 4) is 0 Å². The van der Waals surface area contributed by atoms with Gasteiger partial charge in [-0.05, 0) is 30.0 Å². The molecule has 0 heterocycles. The van der Waals surface area contributed by atoms with Gasteiger partial charge < -0.3 is 5.32 Å². The molecule has 1 aromatic carbocycles. The third-order valence-corrected chi connectivity index (χ3v) is 1.55. The standard InChI is InChI=1S/C9H10N2O2/c1-10-7-6-8-2-4-9(5-3-8)11(12)13/h2-7,10H,1H3/b7-6+. The molecule has 0 unspecified atom stereocenters. The Morgan fingerprint density at radius 2 is 2.00 bits per heavy atom. The molecule has 4 heteroatoms. The van der Waals surface area contributed by atoms with E-state index in [9.17, 15) is 10.1 Å². The Morgan fingerprint density at radius 1 is 1.38 bits per heavy atom. The Bertz CT molecular complexity index is 317. The molecular formula is C9H10N2O2. The van der Waals surface area contributed by atoms with E-state index in [1.165, 1.54) is 12.1 Å². The van der Waals surface area contributed by atoms with Crippen molar-refractivity contribution in [1.29, 1.82) is 0 Å². The number of non-ortho nitro benzene ring substituents is 1. The van der Waals surface area contributed by atoms with E-state index in [4.69, 9.17) is 0 Å². The van der Waals surface area contributed by atoms with Crippen molar-refractivity contribution < 1.29 is 4.92 Å². The molecule has 0 radical (unpaired) electrons. The van der Waals surface area contributed by atoms with Crippen molar-refractivity contribution in [1.82, 2.24) is 5.32 Å². The molecule has 0 fully saturated rings. The van der Waals surface area contributed by atoms with Crippen LogP contribution in [-0.2, 0) is 0 Å². The fourth-order valence-corrected chi connectivity index (χ4v) is 0.887. The lowest BCUT2D eigenvalue weighted by atomic mass is 10.2. The van der Waals surface area contributed by atoms with E-state index < -0.39 is 4.92 Å². The minimum absolute atomic E-state index is 0.113. The van der Waals surface area contributed by atoms with Crippen molar-refractivity contribution in [3.63, 3.8) is 0 Å². The molecule has 0 aliphatic heterocycles. The fraction of sp³-hybridized carbons (Fsp3) is 0.111. The number of rotatable bonds is 3. The first-order valence-electron chi connectivity index (χ1n) is 3.82. The second-order valence-corrected chi connectivity index (χ2v) is 2.47. The molecule has 0 saturated carbocycles. The van der Waals surface area contributed by atoms with Crippen LogP contribution in [0.25, 0.3) is 6.08 Å². The van der Waals surface area contributed by atoms with E-state index in [1.54, 1.807) is 25.4 Å². The van der Waals surface area contributed by atoms with E-state index in [-0.39, 0.29) is 5.69 Å². The number of nitrogens with one attached hydrogen (secondary N) is 1. The summed E-state index contributed by atoms with van der Waals surface area (Å²) in [4.78, 5) is 9.89. The molecule has 0 atom stereocenters. The number of nitrogens with zero attached hydrogens (tertiary/aromatic N) is 1. The first-order chi connectivity index (χ1) is 6.24. The molecule has 68 valence electrons. The molecule has 1 N–H and O–H groups in total. The quantitative estimate of drug-likeness (QED) is 0.567. The fourth-order valence-electron chi connectivity index (χ4n) is 0.887. The molecule has 0 bridgehead atoms. The minimum Gasteiger partial charge on any atom is -0.394 e. The van der Waals surface area contributed by atoms with Gasteiger partial charge in [0.05, 0.1) is 4.92 Å². The van der Waals surface area contributed by atoms with Gasteiger partial charge in [-0.2, -0.15) is 0 Å². The van der Waals surface area contributed by atoms with Crippen LogP contribution in [-0.4, -0.2) is 12.0 Å². The lowest BCUT2D eigenvalue weighted by Gasteiger charge is -1.93. The van der Waals surface area contributed by atoms with Crippen LogP contribution in [0.5, 0.6) is 0 Å². The Balaban J connectivity index is 2.81. The summed E-state index contributed by atoms with van der Waals surface area (Å²) in [5.41, 5.74) is 1.04. The van der Waals surface area contributed by atoms with E-state index >= 15 is 0 Å². The third-order valence-electron chi connectivity index (χ3n) is 1.55. The summed E-state index contributed by atoms with van der Waals surface area (Å²) >= 11 is 0. The molecule has 1 aromatic rings. The molecule has 13 heavy (non-hydrogen) atoms. The zero-order valence-corrected chi connectivity index (χ0v) is 7.23. The smallest absolute Gasteiger partial charge is 0.269 e. The van der Waals surface area contributed by atoms with Gasteiger partial charge in [0, 0.05) is 19.2 Å². The monoisotopic (exact) mass is 178 g/mol. The highest BCUT2D eigenvalue weighted by Gasteiger charge is 2.01. The maximum atomic E-state index is 10.3. The average Bonchev–Trinajstić information content (AvgIpc) is 2.15. The van der Waals surface area contributed by atoms with E-state index in [2.05, 4.69) is 5.32 Å². The highest BCUT2D eigenvalue weighted by atomic mass is 16.6. The summed E-state index contributed by atoms with van der Waals surface area (Å²) in [7, 11) is 1.79. The normalized spacial score (nSPS) is 10.2. The van der Waals surface area contributed by atoms with E-state index in [1.807, 2.05) is 6.08 Å². The SMILES string of the molecule is CN/C=C/c1ccc([N+](=O)[O-])cc1. The number of nitro groups is 1. The summed E-state index contributed by atoms with van der Waals surface area (Å²) in [6.07, 6.45) is 3.60. The highest BCUT2D eigenvalue weighted by Crippen LogP contribution is 2.12. The van der Waals surface area contributed by atoms with Crippen molar-refractivity contribution in [2.24, 2.45) is 0 Å². The van der Waals surface area contributed by atoms with Gasteiger partial charge in [0.1, 0.15) is 0 Å². The van der Waals surface area contributed by atoms with Crippen molar-refractivity contribution >= 4 is 11.8 Å². The van der Waals surface area contributed by atoms with Crippen LogP contribution in [0, 0.1) is 10.1 Å². The molecule has 0 aliphatic rings. The summed E-state index contributed by atoms with van der Waals surface area (Å²) in [6.45, 7) is 0. The molecule has 0 saturated heterocycles. The van der Waals surface area contributed by atoms with Gasteiger partial charge in [0.2, 0.25) is 0 Å². The molecule has 0 spiro atoms. The Labute approximate surface area is 76.0 Å². The lowest BCUT2D eigenvalue weighted by molar-refractivity contribution is -0.384. The number of benzene rings is 1. The zero-order chi connectivity index (χ0) is 9.68. The average molecular weight is 178 g/mol. The molecule has 0 aromatic heterocycles. The first-order valence-corrected chi connectivity index (χ1v) is 3.82. The number of hydrogen-bond donors (Lipinski definition) is 1. The topological polar surface area (TPSA) is 55.2 Å². The first kappa shape index (κ1) is 9.25. The van der Waals surface area contributed by atoms with E-state index in [0.29, 0.717) is 0 Å². The summed E-state index contributed by atoms with van der Waals surface area (Å²) in [5.74, 6) is 0. The Kier molecular flexibility index (Phi) is 3.03. The number of hydrogen-bond acceptors (Lipinski definition) is 3. The van der Waals surface area contributed by atoms with Crippen LogP contribution >= 0.6 is 0 Å². The van der Waals surface area contributed by atoms with Gasteiger partial charge in [0.25, 0.3) is 5.69 Å². The van der Waals surface area contributed by atoms with Gasteiger partial charge in [-0.1, -0.05) is 0 Å². The van der Waals surface area contributed by atoms with Crippen LogP contribution in [0.2, 0.25) is 0 Å². The summed E-state index contributed by atoms with van der Waals surface area (Å²) in [6, 6.07) is 6.36. The molecule has 0 amide bonds. The van der Waals surface area contributed by atoms with Gasteiger partial charge in [-0.3, -0.25) is 10.1 Å². The second-order valence-electron chi connectivity index (χ2n) is 2.47. The number of nitro benzene ring substituents is 1. The van der Waals surface area contributed by atoms with Gasteiger partial charge in [-0.15, -0.1) is 0 Å². The van der Waals surface area contributed by atoms with Gasteiger partial charge in [-0.25, -0.2) is 0 Å². The Morgan fingerprint density at radius 3 is 2.46 bits per heavy atom. The van der Waals surface area contributed by atoms with Crippen molar-refractivity contribution in [2.45, 2.75) is 0 Å². The molecular weight excluding hydrogens is 168 g/mol. The lowest BCUT2D eigenvalue weighted by Crippen LogP contribution is -1.91. The third kappa shape index (κ3) is 2.59.